The van der Waals surface area contributed by atoms with Crippen LogP contribution in [0.1, 0.15) is 37.7 Å². The summed E-state index contributed by atoms with van der Waals surface area (Å²) in [7, 11) is 3.11. The van der Waals surface area contributed by atoms with E-state index in [9.17, 15) is 14.0 Å². The first-order valence-electron chi connectivity index (χ1n) is 8.77. The summed E-state index contributed by atoms with van der Waals surface area (Å²) in [6.45, 7) is 5.31. The average Bonchev–Trinajstić information content (AvgIpc) is 3.14. The Labute approximate surface area is 156 Å². The highest BCUT2D eigenvalue weighted by atomic mass is 19.1. The molecule has 0 radical (unpaired) electrons. The molecule has 0 fully saturated rings. The Morgan fingerprint density at radius 2 is 1.89 bits per heavy atom. The summed E-state index contributed by atoms with van der Waals surface area (Å²) in [5, 5.41) is 0. The maximum atomic E-state index is 15.0. The van der Waals surface area contributed by atoms with E-state index in [1.54, 1.807) is 27.8 Å². The van der Waals surface area contributed by atoms with Gasteiger partial charge in [0.05, 0.1) is 6.54 Å². The van der Waals surface area contributed by atoms with E-state index in [1.165, 1.54) is 16.5 Å². The lowest BCUT2D eigenvalue weighted by molar-refractivity contribution is -0.110. The molecule has 1 aromatic heterocycles. The van der Waals surface area contributed by atoms with Gasteiger partial charge in [-0.05, 0) is 44.7 Å². The van der Waals surface area contributed by atoms with Crippen LogP contribution in [0.25, 0.3) is 11.0 Å². The lowest BCUT2D eigenvalue weighted by Crippen LogP contribution is -2.34. The zero-order chi connectivity index (χ0) is 20.1. The van der Waals surface area contributed by atoms with Crippen LogP contribution in [0, 0.1) is 17.6 Å². The van der Waals surface area contributed by atoms with Gasteiger partial charge in [-0.3, -0.25) is 0 Å². The number of rotatable bonds is 3. The Hall–Kier alpha value is -2.51. The highest BCUT2D eigenvalue weighted by molar-refractivity contribution is 5.81. The van der Waals surface area contributed by atoms with Crippen molar-refractivity contribution in [3.8, 4) is 0 Å². The van der Waals surface area contributed by atoms with Crippen molar-refractivity contribution in [3.05, 3.63) is 28.6 Å². The van der Waals surface area contributed by atoms with E-state index >= 15 is 4.39 Å². The molecule has 0 aliphatic heterocycles. The van der Waals surface area contributed by atoms with E-state index in [0.717, 1.165) is 6.29 Å². The van der Waals surface area contributed by atoms with Crippen LogP contribution in [0.3, 0.4) is 0 Å². The third-order valence-electron chi connectivity index (χ3n) is 4.71. The number of aryl methyl sites for hydroxylation is 1. The minimum absolute atomic E-state index is 0.0423. The molecule has 1 unspecified atom stereocenters. The van der Waals surface area contributed by atoms with Crippen LogP contribution in [-0.4, -0.2) is 39.5 Å². The predicted octanol–water partition coefficient (Wildman–Crippen LogP) is 3.13. The number of fused-ring (bicyclic) bond motifs is 2. The van der Waals surface area contributed by atoms with Crippen LogP contribution in [0.15, 0.2) is 0 Å². The number of halogens is 2. The number of aldehydes is 1. The van der Waals surface area contributed by atoms with Crippen LogP contribution in [0.2, 0.25) is 0 Å². The quantitative estimate of drug-likeness (QED) is 0.769. The van der Waals surface area contributed by atoms with Crippen molar-refractivity contribution in [2.75, 3.05) is 7.05 Å². The lowest BCUT2D eigenvalue weighted by atomic mass is 10.1. The van der Waals surface area contributed by atoms with E-state index in [4.69, 9.17) is 4.74 Å². The highest BCUT2D eigenvalue weighted by Crippen LogP contribution is 2.36. The van der Waals surface area contributed by atoms with Crippen molar-refractivity contribution in [2.24, 2.45) is 13.0 Å². The number of aromatic nitrogens is 2. The second-order valence-electron chi connectivity index (χ2n) is 8.01. The molecule has 1 aliphatic rings. The SMILES string of the molecule is CN(Cc1nc2c(F)c3c(c(F)c2n1C)CC(C=O)C3)C(=O)OC(C)(C)C. The van der Waals surface area contributed by atoms with Crippen LogP contribution in [-0.2, 0) is 36.0 Å². The number of amides is 1. The van der Waals surface area contributed by atoms with Gasteiger partial charge in [0.25, 0.3) is 0 Å². The normalized spacial score (nSPS) is 16.5. The Morgan fingerprint density at radius 3 is 2.44 bits per heavy atom. The zero-order valence-corrected chi connectivity index (χ0v) is 16.1. The molecule has 1 atom stereocenters. The van der Waals surface area contributed by atoms with Gasteiger partial charge in [0, 0.05) is 20.0 Å². The summed E-state index contributed by atoms with van der Waals surface area (Å²) in [4.78, 5) is 28.7. The molecule has 0 saturated carbocycles. The standard InChI is InChI=1S/C19H23F2N3O3/c1-19(2,3)27-18(26)23(4)8-13-22-16-14(20)11-6-10(9-25)7-12(11)15(21)17(16)24(13)5/h9-10H,6-8H2,1-5H3. The van der Waals surface area contributed by atoms with E-state index < -0.39 is 29.2 Å². The summed E-state index contributed by atoms with van der Waals surface area (Å²) in [5.41, 5.74) is -0.209. The molecule has 2 aromatic rings. The number of nitrogens with zero attached hydrogens (tertiary/aromatic N) is 3. The van der Waals surface area contributed by atoms with Crippen LogP contribution in [0.4, 0.5) is 13.6 Å². The van der Waals surface area contributed by atoms with Crippen molar-refractivity contribution in [3.63, 3.8) is 0 Å². The van der Waals surface area contributed by atoms with Gasteiger partial charge in [-0.15, -0.1) is 0 Å². The predicted molar refractivity (Wildman–Crippen MR) is 95.3 cm³/mol. The van der Waals surface area contributed by atoms with E-state index in [0.29, 0.717) is 5.82 Å². The van der Waals surface area contributed by atoms with Gasteiger partial charge < -0.3 is 19.0 Å². The van der Waals surface area contributed by atoms with E-state index in [-0.39, 0.29) is 41.5 Å². The largest absolute Gasteiger partial charge is 0.444 e. The fourth-order valence-electron chi connectivity index (χ4n) is 3.38. The first-order chi connectivity index (χ1) is 12.5. The fourth-order valence-corrected chi connectivity index (χ4v) is 3.38. The Bertz CT molecular complexity index is 931. The molecule has 27 heavy (non-hydrogen) atoms. The number of ether oxygens (including phenoxy) is 1. The Kier molecular flexibility index (Phi) is 4.69. The molecule has 146 valence electrons. The number of imidazole rings is 1. The van der Waals surface area contributed by atoms with Gasteiger partial charge in [0.15, 0.2) is 11.6 Å². The van der Waals surface area contributed by atoms with Crippen molar-refractivity contribution in [2.45, 2.75) is 45.8 Å². The number of hydrogen-bond donors (Lipinski definition) is 0. The average molecular weight is 379 g/mol. The van der Waals surface area contributed by atoms with Gasteiger partial charge in [-0.2, -0.15) is 0 Å². The molecule has 0 spiro atoms. The van der Waals surface area contributed by atoms with Crippen LogP contribution in [0.5, 0.6) is 0 Å². The van der Waals surface area contributed by atoms with Gasteiger partial charge in [-0.25, -0.2) is 18.6 Å². The number of carbonyl (C=O) groups is 2. The van der Waals surface area contributed by atoms with Crippen molar-refractivity contribution in [1.29, 1.82) is 0 Å². The zero-order valence-electron chi connectivity index (χ0n) is 16.1. The fraction of sp³-hybridized carbons (Fsp3) is 0.526. The first-order valence-corrected chi connectivity index (χ1v) is 8.77. The first kappa shape index (κ1) is 19.3. The van der Waals surface area contributed by atoms with Crippen molar-refractivity contribution >= 4 is 23.4 Å². The molecule has 1 heterocycles. The van der Waals surface area contributed by atoms with Gasteiger partial charge >= 0.3 is 6.09 Å². The molecule has 0 saturated heterocycles. The second-order valence-corrected chi connectivity index (χ2v) is 8.01. The number of carbonyl (C=O) groups excluding carboxylic acids is 2. The molecule has 1 aliphatic carbocycles. The van der Waals surface area contributed by atoms with Gasteiger partial charge in [-0.1, -0.05) is 0 Å². The minimum atomic E-state index is -0.647. The maximum Gasteiger partial charge on any atom is 0.410 e. The molecular formula is C19H23F2N3O3. The number of benzene rings is 1. The second kappa shape index (κ2) is 6.58. The van der Waals surface area contributed by atoms with Gasteiger partial charge in [0.2, 0.25) is 0 Å². The molecule has 1 amide bonds. The molecule has 0 bridgehead atoms. The topological polar surface area (TPSA) is 64.4 Å². The molecule has 0 N–H and O–H groups in total. The molecule has 8 heteroatoms. The third kappa shape index (κ3) is 3.40. The lowest BCUT2D eigenvalue weighted by Gasteiger charge is -2.24. The summed E-state index contributed by atoms with van der Waals surface area (Å²) >= 11 is 0. The number of hydrogen-bond acceptors (Lipinski definition) is 4. The Morgan fingerprint density at radius 1 is 1.30 bits per heavy atom. The summed E-state index contributed by atoms with van der Waals surface area (Å²) in [6.07, 6.45) is 0.557. The third-order valence-corrected chi connectivity index (χ3v) is 4.71. The smallest absolute Gasteiger partial charge is 0.410 e. The van der Waals surface area contributed by atoms with Crippen molar-refractivity contribution < 1.29 is 23.1 Å². The monoisotopic (exact) mass is 379 g/mol. The molecule has 1 aromatic carbocycles. The Balaban J connectivity index is 1.97. The minimum Gasteiger partial charge on any atom is -0.444 e. The summed E-state index contributed by atoms with van der Waals surface area (Å²) < 4.78 is 36.7. The molecule has 3 rings (SSSR count). The van der Waals surface area contributed by atoms with Gasteiger partial charge in [0.1, 0.15) is 28.7 Å². The van der Waals surface area contributed by atoms with Crippen LogP contribution >= 0.6 is 0 Å². The van der Waals surface area contributed by atoms with Crippen molar-refractivity contribution in [1.82, 2.24) is 14.5 Å². The summed E-state index contributed by atoms with van der Waals surface area (Å²) in [5.74, 6) is -1.20. The molecular weight excluding hydrogens is 356 g/mol. The molecule has 6 nitrogen and oxygen atoms in total. The van der Waals surface area contributed by atoms with E-state index in [1.807, 2.05) is 0 Å². The maximum absolute atomic E-state index is 15.0. The summed E-state index contributed by atoms with van der Waals surface area (Å²) in [6, 6.07) is 0. The van der Waals surface area contributed by atoms with Crippen LogP contribution < -0.4 is 0 Å². The highest BCUT2D eigenvalue weighted by Gasteiger charge is 2.32. The van der Waals surface area contributed by atoms with E-state index in [2.05, 4.69) is 4.98 Å².